The number of nitrogens with zero attached hydrogens (tertiary/aromatic N) is 2. The fourth-order valence-corrected chi connectivity index (χ4v) is 0.992. The lowest BCUT2D eigenvalue weighted by Gasteiger charge is -2.30. The summed E-state index contributed by atoms with van der Waals surface area (Å²) in [6, 6.07) is 0. The summed E-state index contributed by atoms with van der Waals surface area (Å²) in [7, 11) is 0. The highest BCUT2D eigenvalue weighted by molar-refractivity contribution is 5.90. The zero-order chi connectivity index (χ0) is 13.7. The van der Waals surface area contributed by atoms with E-state index in [2.05, 4.69) is 20.9 Å². The molecule has 0 fully saturated rings. The molecule has 17 heavy (non-hydrogen) atoms. The maximum Gasteiger partial charge on any atom is 0.0735 e. The van der Waals surface area contributed by atoms with Crippen molar-refractivity contribution >= 4 is 11.4 Å². The van der Waals surface area contributed by atoms with Gasteiger partial charge in [-0.05, 0) is 41.5 Å². The molecule has 0 rings (SSSR count). The largest absolute Gasteiger partial charge is 0.411 e. The third-order valence-electron chi connectivity index (χ3n) is 3.17. The molecule has 0 bridgehead atoms. The van der Waals surface area contributed by atoms with Gasteiger partial charge in [0.15, 0.2) is 0 Å². The van der Waals surface area contributed by atoms with E-state index in [-0.39, 0.29) is 0 Å². The normalized spacial score (nSPS) is 15.2. The van der Waals surface area contributed by atoms with Crippen molar-refractivity contribution < 1.29 is 10.4 Å². The van der Waals surface area contributed by atoms with Gasteiger partial charge in [0.2, 0.25) is 0 Å². The summed E-state index contributed by atoms with van der Waals surface area (Å²) >= 11 is 0. The Bertz CT molecular complexity index is 279. The molecule has 0 aromatic carbocycles. The van der Waals surface area contributed by atoms with E-state index in [0.717, 1.165) is 0 Å². The molecule has 0 saturated heterocycles. The molecule has 0 heterocycles. The molecule has 4 N–H and O–H groups in total. The highest BCUT2D eigenvalue weighted by Crippen LogP contribution is 2.07. The van der Waals surface area contributed by atoms with E-state index in [1.54, 1.807) is 13.8 Å². The number of oxime groups is 2. The minimum Gasteiger partial charge on any atom is -0.411 e. The summed E-state index contributed by atoms with van der Waals surface area (Å²) in [4.78, 5) is 0. The molecule has 0 saturated carbocycles. The van der Waals surface area contributed by atoms with Gasteiger partial charge in [-0.1, -0.05) is 10.3 Å². The van der Waals surface area contributed by atoms with Gasteiger partial charge in [0.1, 0.15) is 0 Å². The van der Waals surface area contributed by atoms with Crippen LogP contribution in [0, 0.1) is 0 Å². The van der Waals surface area contributed by atoms with E-state index >= 15 is 0 Å². The van der Waals surface area contributed by atoms with Gasteiger partial charge in [-0.2, -0.15) is 0 Å². The molecule has 0 amide bonds. The first kappa shape index (κ1) is 15.9. The van der Waals surface area contributed by atoms with Crippen LogP contribution >= 0.6 is 0 Å². The third kappa shape index (κ3) is 4.70. The Balaban J connectivity index is 4.34. The first-order valence-electron chi connectivity index (χ1n) is 5.55. The minimum absolute atomic E-state index is 0.401. The van der Waals surface area contributed by atoms with Crippen LogP contribution < -0.4 is 10.6 Å². The predicted molar refractivity (Wildman–Crippen MR) is 69.1 cm³/mol. The molecule has 0 radical (unpaired) electrons. The zero-order valence-corrected chi connectivity index (χ0v) is 11.5. The number of hydrogen-bond donors (Lipinski definition) is 4. The fraction of sp³-hybridized carbons (Fsp3) is 0.818. The molecule has 0 aromatic heterocycles. The smallest absolute Gasteiger partial charge is 0.0735 e. The Kier molecular flexibility index (Phi) is 5.57. The second-order valence-corrected chi connectivity index (χ2v) is 5.15. The Morgan fingerprint density at radius 1 is 0.882 bits per heavy atom. The van der Waals surface area contributed by atoms with Crippen LogP contribution in [0.4, 0.5) is 0 Å². The lowest BCUT2D eigenvalue weighted by Crippen LogP contribution is -2.55. The molecule has 0 aliphatic rings. The van der Waals surface area contributed by atoms with Crippen molar-refractivity contribution in [2.24, 2.45) is 10.3 Å². The van der Waals surface area contributed by atoms with Crippen LogP contribution in [0.2, 0.25) is 0 Å². The van der Waals surface area contributed by atoms with Crippen LogP contribution in [0.15, 0.2) is 10.3 Å². The molecule has 6 heteroatoms. The van der Waals surface area contributed by atoms with Crippen molar-refractivity contribution in [2.45, 2.75) is 52.6 Å². The summed E-state index contributed by atoms with van der Waals surface area (Å²) < 4.78 is 0. The predicted octanol–water partition coefficient (Wildman–Crippen LogP) is 1.38. The highest BCUT2D eigenvalue weighted by atomic mass is 16.4. The number of hydrogen-bond acceptors (Lipinski definition) is 6. The molecule has 0 aromatic rings. The maximum absolute atomic E-state index is 8.73. The Morgan fingerprint density at radius 3 is 1.41 bits per heavy atom. The lowest BCUT2D eigenvalue weighted by molar-refractivity contribution is 0.305. The second-order valence-electron chi connectivity index (χ2n) is 5.15. The summed E-state index contributed by atoms with van der Waals surface area (Å²) in [5, 5.41) is 30.3. The Morgan fingerprint density at radius 2 is 1.18 bits per heavy atom. The summed E-state index contributed by atoms with van der Waals surface area (Å²) in [6.07, 6.45) is 0. The van der Waals surface area contributed by atoms with Gasteiger partial charge >= 0.3 is 0 Å². The van der Waals surface area contributed by atoms with Gasteiger partial charge in [-0.15, -0.1) is 0 Å². The average Bonchev–Trinajstić information content (AvgIpc) is 2.25. The van der Waals surface area contributed by atoms with Crippen molar-refractivity contribution in [3.05, 3.63) is 0 Å². The van der Waals surface area contributed by atoms with Gasteiger partial charge in [0, 0.05) is 6.67 Å². The van der Waals surface area contributed by atoms with Crippen molar-refractivity contribution in [3.8, 4) is 0 Å². The van der Waals surface area contributed by atoms with Crippen molar-refractivity contribution in [2.75, 3.05) is 6.67 Å². The van der Waals surface area contributed by atoms with Crippen molar-refractivity contribution in [3.63, 3.8) is 0 Å². The van der Waals surface area contributed by atoms with Gasteiger partial charge in [0.05, 0.1) is 22.5 Å². The quantitative estimate of drug-likeness (QED) is 0.246. The first-order valence-corrected chi connectivity index (χ1v) is 5.55. The molecule has 100 valence electrons. The molecule has 0 spiro atoms. The summed E-state index contributed by atoms with van der Waals surface area (Å²) in [6.45, 7) is 11.7. The third-order valence-corrected chi connectivity index (χ3v) is 3.17. The van der Waals surface area contributed by atoms with Crippen LogP contribution in [-0.2, 0) is 0 Å². The topological polar surface area (TPSA) is 89.2 Å². The van der Waals surface area contributed by atoms with Crippen LogP contribution in [0.1, 0.15) is 41.5 Å². The van der Waals surface area contributed by atoms with Crippen LogP contribution in [0.3, 0.4) is 0 Å². The zero-order valence-electron chi connectivity index (χ0n) is 11.5. The van der Waals surface area contributed by atoms with E-state index in [1.165, 1.54) is 0 Å². The molecular weight excluding hydrogens is 220 g/mol. The van der Waals surface area contributed by atoms with Crippen molar-refractivity contribution in [1.82, 2.24) is 10.6 Å². The monoisotopic (exact) mass is 244 g/mol. The molecule has 0 unspecified atom stereocenters. The summed E-state index contributed by atoms with van der Waals surface area (Å²) in [5.41, 5.74) is 0.402. The molecule has 0 aliphatic heterocycles. The molecule has 6 nitrogen and oxygen atoms in total. The van der Waals surface area contributed by atoms with Crippen LogP contribution in [-0.4, -0.2) is 39.6 Å². The van der Waals surface area contributed by atoms with Gasteiger partial charge < -0.3 is 10.4 Å². The van der Waals surface area contributed by atoms with E-state index in [1.807, 2.05) is 27.7 Å². The summed E-state index contributed by atoms with van der Waals surface area (Å²) in [5.74, 6) is 0. The van der Waals surface area contributed by atoms with E-state index in [4.69, 9.17) is 10.4 Å². The lowest BCUT2D eigenvalue weighted by atomic mass is 9.98. The van der Waals surface area contributed by atoms with Crippen LogP contribution in [0.5, 0.6) is 0 Å². The first-order chi connectivity index (χ1) is 7.67. The van der Waals surface area contributed by atoms with E-state index in [9.17, 15) is 0 Å². The molecule has 0 aliphatic carbocycles. The maximum atomic E-state index is 8.73. The van der Waals surface area contributed by atoms with E-state index in [0.29, 0.717) is 18.1 Å². The average molecular weight is 244 g/mol. The van der Waals surface area contributed by atoms with E-state index < -0.39 is 11.1 Å². The second kappa shape index (κ2) is 5.97. The van der Waals surface area contributed by atoms with Crippen LogP contribution in [0.25, 0.3) is 0 Å². The fourth-order valence-electron chi connectivity index (χ4n) is 0.992. The Hall–Kier alpha value is -1.14. The Labute approximate surface area is 103 Å². The molecule has 0 atom stereocenters. The minimum atomic E-state index is -0.401. The number of nitrogens with one attached hydrogen (secondary N) is 2. The highest BCUT2D eigenvalue weighted by Gasteiger charge is 2.25. The van der Waals surface area contributed by atoms with Crippen molar-refractivity contribution in [1.29, 1.82) is 0 Å². The van der Waals surface area contributed by atoms with Gasteiger partial charge in [0.25, 0.3) is 0 Å². The van der Waals surface area contributed by atoms with Gasteiger partial charge in [-0.3, -0.25) is 10.6 Å². The van der Waals surface area contributed by atoms with Gasteiger partial charge in [-0.25, -0.2) is 0 Å². The number of rotatable bonds is 6. The molecular formula is C11H24N4O2. The standard InChI is InChI=1S/C11H24N4O2/c1-8(14-16)10(3,4)12-7-13-11(5,6)9(2)15-17/h12-13,16-17H,7H2,1-6H3/b14-8-,15-9-. The SMILES string of the molecule is C/C(=N/O)C(C)(C)NCNC(C)(C)/C(C)=N\O.